The van der Waals surface area contributed by atoms with Gasteiger partial charge in [0.25, 0.3) is 0 Å². The molecule has 5 heteroatoms. The number of carboxylic acids is 1. The van der Waals surface area contributed by atoms with Crippen LogP contribution in [0.1, 0.15) is 30.6 Å². The molecule has 0 spiro atoms. The van der Waals surface area contributed by atoms with Crippen LogP contribution in [0.25, 0.3) is 0 Å². The number of nitrogens with two attached hydrogens (primary N) is 1. The van der Waals surface area contributed by atoms with E-state index in [4.69, 9.17) is 17.3 Å². The van der Waals surface area contributed by atoms with Crippen LogP contribution < -0.4 is 10.6 Å². The molecule has 0 bridgehead atoms. The van der Waals surface area contributed by atoms with Gasteiger partial charge in [-0.15, -0.1) is 0 Å². The lowest BCUT2D eigenvalue weighted by molar-refractivity contribution is 0.0697. The van der Waals surface area contributed by atoms with Gasteiger partial charge in [0.1, 0.15) is 0 Å². The number of carboxylic acid groups (broad SMARTS) is 1. The second kappa shape index (κ2) is 4.35. The number of rotatable bonds is 2. The molecule has 0 aliphatic carbocycles. The highest BCUT2D eigenvalue weighted by Gasteiger charge is 2.32. The maximum Gasteiger partial charge on any atom is 0.337 e. The third-order valence-corrected chi connectivity index (χ3v) is 3.60. The first-order valence-corrected chi connectivity index (χ1v) is 6.25. The van der Waals surface area contributed by atoms with E-state index in [0.29, 0.717) is 16.4 Å². The summed E-state index contributed by atoms with van der Waals surface area (Å²) in [7, 11) is 0. The molecule has 1 heterocycles. The zero-order valence-electron chi connectivity index (χ0n) is 10.5. The highest BCUT2D eigenvalue weighted by molar-refractivity contribution is 6.34. The van der Waals surface area contributed by atoms with E-state index in [9.17, 15) is 9.90 Å². The molecule has 1 aromatic rings. The largest absolute Gasteiger partial charge is 0.478 e. The van der Waals surface area contributed by atoms with Crippen molar-refractivity contribution >= 4 is 28.9 Å². The second-order valence-electron chi connectivity index (χ2n) is 5.54. The molecule has 2 rings (SSSR count). The highest BCUT2D eigenvalue weighted by Crippen LogP contribution is 2.39. The van der Waals surface area contributed by atoms with Gasteiger partial charge < -0.3 is 15.7 Å². The minimum absolute atomic E-state index is 0.178. The van der Waals surface area contributed by atoms with Crippen LogP contribution in [-0.4, -0.2) is 24.2 Å². The molecule has 0 amide bonds. The van der Waals surface area contributed by atoms with Crippen LogP contribution in [0.4, 0.5) is 11.4 Å². The molecular formula is C13H17ClN2O2. The van der Waals surface area contributed by atoms with Crippen molar-refractivity contribution in [1.82, 2.24) is 0 Å². The van der Waals surface area contributed by atoms with E-state index >= 15 is 0 Å². The van der Waals surface area contributed by atoms with Gasteiger partial charge in [0.2, 0.25) is 0 Å². The van der Waals surface area contributed by atoms with E-state index in [1.165, 1.54) is 6.07 Å². The number of nitrogen functional groups attached to an aromatic ring is 1. The van der Waals surface area contributed by atoms with Gasteiger partial charge in [-0.2, -0.15) is 0 Å². The van der Waals surface area contributed by atoms with Gasteiger partial charge in [0.15, 0.2) is 0 Å². The van der Waals surface area contributed by atoms with Crippen LogP contribution in [0.15, 0.2) is 12.1 Å². The molecule has 0 aromatic heterocycles. The highest BCUT2D eigenvalue weighted by atomic mass is 35.5. The summed E-state index contributed by atoms with van der Waals surface area (Å²) >= 11 is 6.17. The average Bonchev–Trinajstić information content (AvgIpc) is 2.57. The second-order valence-corrected chi connectivity index (χ2v) is 5.95. The number of aromatic carboxylic acids is 1. The molecule has 4 nitrogen and oxygen atoms in total. The predicted octanol–water partition coefficient (Wildman–Crippen LogP) is 2.86. The molecule has 3 N–H and O–H groups in total. The number of hydrogen-bond donors (Lipinski definition) is 2. The minimum Gasteiger partial charge on any atom is -0.478 e. The fourth-order valence-electron chi connectivity index (χ4n) is 2.41. The van der Waals surface area contributed by atoms with Gasteiger partial charge in [-0.25, -0.2) is 4.79 Å². The Morgan fingerprint density at radius 2 is 2.17 bits per heavy atom. The molecule has 18 heavy (non-hydrogen) atoms. The van der Waals surface area contributed by atoms with Crippen LogP contribution in [0, 0.1) is 5.41 Å². The van der Waals surface area contributed by atoms with Crippen molar-refractivity contribution in [2.24, 2.45) is 5.41 Å². The lowest BCUT2D eigenvalue weighted by atomic mass is 9.93. The summed E-state index contributed by atoms with van der Waals surface area (Å²) in [6, 6.07) is 3.07. The molecule has 0 unspecified atom stereocenters. The van der Waals surface area contributed by atoms with Gasteiger partial charge in [-0.05, 0) is 24.0 Å². The number of anilines is 2. The molecule has 0 atom stereocenters. The van der Waals surface area contributed by atoms with E-state index in [1.807, 2.05) is 4.90 Å². The average molecular weight is 269 g/mol. The summed E-state index contributed by atoms with van der Waals surface area (Å²) in [4.78, 5) is 13.3. The number of nitrogens with zero attached hydrogens (tertiary/aromatic N) is 1. The van der Waals surface area contributed by atoms with E-state index in [2.05, 4.69) is 13.8 Å². The molecule has 1 fully saturated rings. The number of hydrogen-bond acceptors (Lipinski definition) is 3. The number of halogens is 1. The van der Waals surface area contributed by atoms with Crippen molar-refractivity contribution in [3.63, 3.8) is 0 Å². The molecule has 1 saturated heterocycles. The van der Waals surface area contributed by atoms with Crippen molar-refractivity contribution in [2.75, 3.05) is 23.7 Å². The van der Waals surface area contributed by atoms with Crippen molar-refractivity contribution < 1.29 is 9.90 Å². The molecule has 1 aromatic carbocycles. The summed E-state index contributed by atoms with van der Waals surface area (Å²) in [5.74, 6) is -0.996. The monoisotopic (exact) mass is 268 g/mol. The lowest BCUT2D eigenvalue weighted by Crippen LogP contribution is -2.25. The molecule has 0 saturated carbocycles. The number of carbonyl (C=O) groups is 1. The van der Waals surface area contributed by atoms with Crippen molar-refractivity contribution in [1.29, 1.82) is 0 Å². The minimum atomic E-state index is -0.996. The first-order chi connectivity index (χ1) is 8.30. The van der Waals surface area contributed by atoms with Gasteiger partial charge in [-0.3, -0.25) is 0 Å². The van der Waals surface area contributed by atoms with Crippen LogP contribution in [0.2, 0.25) is 5.02 Å². The van der Waals surface area contributed by atoms with E-state index in [-0.39, 0.29) is 11.0 Å². The summed E-state index contributed by atoms with van der Waals surface area (Å²) in [6.07, 6.45) is 1.02. The molecule has 98 valence electrons. The van der Waals surface area contributed by atoms with Crippen LogP contribution in [0.5, 0.6) is 0 Å². The zero-order chi connectivity index (χ0) is 13.5. The standard InChI is InChI=1S/C13H17ClN2O2/c1-13(2)3-4-16(7-13)11-9(12(17)18)5-8(15)6-10(11)14/h5-6H,3-4,7,15H2,1-2H3,(H,17,18). The molecule has 1 aliphatic heterocycles. The maximum absolute atomic E-state index is 11.3. The topological polar surface area (TPSA) is 66.6 Å². The predicted molar refractivity (Wildman–Crippen MR) is 73.4 cm³/mol. The van der Waals surface area contributed by atoms with Crippen molar-refractivity contribution in [2.45, 2.75) is 20.3 Å². The van der Waals surface area contributed by atoms with Crippen LogP contribution >= 0.6 is 11.6 Å². The van der Waals surface area contributed by atoms with E-state index in [0.717, 1.165) is 19.5 Å². The quantitative estimate of drug-likeness (QED) is 0.810. The maximum atomic E-state index is 11.3. The Morgan fingerprint density at radius 3 is 2.67 bits per heavy atom. The Morgan fingerprint density at radius 1 is 1.50 bits per heavy atom. The Balaban J connectivity index is 2.47. The lowest BCUT2D eigenvalue weighted by Gasteiger charge is -2.24. The first kappa shape index (κ1) is 13.0. The first-order valence-electron chi connectivity index (χ1n) is 5.87. The molecule has 0 radical (unpaired) electrons. The smallest absolute Gasteiger partial charge is 0.337 e. The summed E-state index contributed by atoms with van der Waals surface area (Å²) in [5.41, 5.74) is 6.97. The summed E-state index contributed by atoms with van der Waals surface area (Å²) < 4.78 is 0. The number of benzene rings is 1. The summed E-state index contributed by atoms with van der Waals surface area (Å²) in [5, 5.41) is 9.67. The Bertz CT molecular complexity index is 500. The van der Waals surface area contributed by atoms with Crippen molar-refractivity contribution in [3.8, 4) is 0 Å². The van der Waals surface area contributed by atoms with Gasteiger partial charge >= 0.3 is 5.97 Å². The Hall–Kier alpha value is -1.42. The van der Waals surface area contributed by atoms with Crippen LogP contribution in [0.3, 0.4) is 0 Å². The van der Waals surface area contributed by atoms with Crippen molar-refractivity contribution in [3.05, 3.63) is 22.7 Å². The Labute approximate surface area is 111 Å². The SMILES string of the molecule is CC1(C)CCN(c2c(Cl)cc(N)cc2C(=O)O)C1. The van der Waals surface area contributed by atoms with Gasteiger partial charge in [0.05, 0.1) is 16.3 Å². The van der Waals surface area contributed by atoms with Gasteiger partial charge in [-0.1, -0.05) is 25.4 Å². The third kappa shape index (κ3) is 2.38. The summed E-state index contributed by atoms with van der Waals surface area (Å²) in [6.45, 7) is 5.95. The van der Waals surface area contributed by atoms with Crippen LogP contribution in [-0.2, 0) is 0 Å². The van der Waals surface area contributed by atoms with E-state index in [1.54, 1.807) is 6.07 Å². The van der Waals surface area contributed by atoms with E-state index < -0.39 is 5.97 Å². The normalized spacial score (nSPS) is 18.1. The Kier molecular flexibility index (Phi) is 3.15. The fourth-order valence-corrected chi connectivity index (χ4v) is 2.76. The fraction of sp³-hybridized carbons (Fsp3) is 0.462. The molecular weight excluding hydrogens is 252 g/mol. The molecule has 1 aliphatic rings. The third-order valence-electron chi connectivity index (χ3n) is 3.31. The van der Waals surface area contributed by atoms with Gasteiger partial charge in [0, 0.05) is 18.8 Å². The zero-order valence-corrected chi connectivity index (χ0v) is 11.3.